The van der Waals surface area contributed by atoms with Gasteiger partial charge in [-0.05, 0) is 16.5 Å². The fourth-order valence-corrected chi connectivity index (χ4v) is 2.88. The van der Waals surface area contributed by atoms with Crippen LogP contribution in [0.3, 0.4) is 0 Å². The quantitative estimate of drug-likeness (QED) is 0.563. The topological polar surface area (TPSA) is 100 Å². The molecule has 0 saturated carbocycles. The van der Waals surface area contributed by atoms with Gasteiger partial charge in [-0.3, -0.25) is 4.79 Å². The summed E-state index contributed by atoms with van der Waals surface area (Å²) in [6.45, 7) is 0. The van der Waals surface area contributed by atoms with Gasteiger partial charge < -0.3 is 4.98 Å². The summed E-state index contributed by atoms with van der Waals surface area (Å²) < 4.78 is 0. The van der Waals surface area contributed by atoms with Crippen LogP contribution in [0.2, 0.25) is 0 Å². The number of H-pyrrole nitrogens is 2. The second-order valence-corrected chi connectivity index (χ2v) is 5.22. The molecule has 3 heterocycles. The zero-order valence-electron chi connectivity index (χ0n) is 10.6. The maximum absolute atomic E-state index is 12.6. The number of aromatic amines is 2. The van der Waals surface area contributed by atoms with Crippen molar-refractivity contribution >= 4 is 28.0 Å². The van der Waals surface area contributed by atoms with E-state index in [2.05, 4.69) is 30.6 Å². The molecule has 0 aliphatic rings. The van der Waals surface area contributed by atoms with Crippen molar-refractivity contribution < 1.29 is 4.79 Å². The third kappa shape index (κ3) is 1.93. The second-order valence-electron chi connectivity index (χ2n) is 4.36. The number of carbonyl (C=O) groups is 1. The van der Waals surface area contributed by atoms with E-state index in [-0.39, 0.29) is 5.78 Å². The first-order valence-corrected chi connectivity index (χ1v) is 7.01. The molecule has 0 radical (unpaired) electrons. The first-order valence-electron chi connectivity index (χ1n) is 6.13. The van der Waals surface area contributed by atoms with Gasteiger partial charge in [0.05, 0.1) is 5.56 Å². The van der Waals surface area contributed by atoms with Crippen LogP contribution < -0.4 is 0 Å². The van der Waals surface area contributed by atoms with Gasteiger partial charge in [-0.15, -0.1) is 16.4 Å². The molecule has 0 spiro atoms. The van der Waals surface area contributed by atoms with E-state index in [1.807, 2.05) is 24.3 Å². The molecule has 0 atom stereocenters. The Hall–Kier alpha value is -2.87. The smallest absolute Gasteiger partial charge is 0.223 e. The number of fused-ring (bicyclic) bond motifs is 1. The first-order chi connectivity index (χ1) is 10.3. The zero-order chi connectivity index (χ0) is 14.2. The van der Waals surface area contributed by atoms with Crippen LogP contribution in [0.4, 0.5) is 0 Å². The van der Waals surface area contributed by atoms with E-state index >= 15 is 0 Å². The molecule has 0 unspecified atom stereocenters. The number of nitrogens with one attached hydrogen (secondary N) is 2. The maximum Gasteiger partial charge on any atom is 0.223 e. The number of rotatable bonds is 3. The number of tetrazole rings is 1. The summed E-state index contributed by atoms with van der Waals surface area (Å²) in [5.74, 6) is 0.334. The van der Waals surface area contributed by atoms with Crippen molar-refractivity contribution in [3.63, 3.8) is 0 Å². The Morgan fingerprint density at radius 1 is 1.24 bits per heavy atom. The van der Waals surface area contributed by atoms with Crippen LogP contribution in [0.15, 0.2) is 35.8 Å². The summed E-state index contributed by atoms with van der Waals surface area (Å²) >= 11 is 1.27. The summed E-state index contributed by atoms with van der Waals surface area (Å²) in [6.07, 6.45) is 1.71. The number of benzene rings is 1. The monoisotopic (exact) mass is 296 g/mol. The largest absolute Gasteiger partial charge is 0.360 e. The van der Waals surface area contributed by atoms with Gasteiger partial charge in [0, 0.05) is 22.5 Å². The highest BCUT2D eigenvalue weighted by Gasteiger charge is 2.18. The molecule has 102 valence electrons. The van der Waals surface area contributed by atoms with Gasteiger partial charge in [-0.2, -0.15) is 0 Å². The van der Waals surface area contributed by atoms with E-state index in [0.717, 1.165) is 10.9 Å². The van der Waals surface area contributed by atoms with E-state index in [1.54, 1.807) is 11.6 Å². The van der Waals surface area contributed by atoms with Crippen molar-refractivity contribution in [1.82, 2.24) is 30.6 Å². The summed E-state index contributed by atoms with van der Waals surface area (Å²) in [5, 5.41) is 16.5. The third-order valence-corrected chi connectivity index (χ3v) is 3.96. The van der Waals surface area contributed by atoms with Crippen LogP contribution in [0.5, 0.6) is 0 Å². The first kappa shape index (κ1) is 11.9. The fraction of sp³-hybridized carbons (Fsp3) is 0. The average Bonchev–Trinajstić information content (AvgIpc) is 3.25. The summed E-state index contributed by atoms with van der Waals surface area (Å²) in [7, 11) is 0. The molecule has 1 aromatic carbocycles. The molecule has 0 aliphatic carbocycles. The molecule has 4 aromatic rings. The van der Waals surface area contributed by atoms with Gasteiger partial charge in [-0.25, -0.2) is 10.1 Å². The van der Waals surface area contributed by atoms with Gasteiger partial charge >= 0.3 is 0 Å². The Kier molecular flexibility index (Phi) is 2.61. The Bertz CT molecular complexity index is 923. The van der Waals surface area contributed by atoms with Gasteiger partial charge in [0.25, 0.3) is 0 Å². The number of hydrogen-bond donors (Lipinski definition) is 2. The maximum atomic E-state index is 12.6. The fourth-order valence-electron chi connectivity index (χ4n) is 2.13. The number of thiazole rings is 1. The number of carbonyl (C=O) groups excluding carboxylic acids is 1. The average molecular weight is 296 g/mol. The molecule has 21 heavy (non-hydrogen) atoms. The van der Waals surface area contributed by atoms with Crippen molar-refractivity contribution in [3.8, 4) is 11.5 Å². The molecule has 0 bridgehead atoms. The van der Waals surface area contributed by atoms with E-state index in [0.29, 0.717) is 22.1 Å². The lowest BCUT2D eigenvalue weighted by Crippen LogP contribution is -1.99. The number of nitrogens with zero attached hydrogens (tertiary/aromatic N) is 4. The standard InChI is InChI=1S/C13H8N6OS/c20-11(8-5-14-9-4-2-1-3-7(8)9)13-15-10(6-21-13)12-16-18-19-17-12/h1-6,14H,(H,16,17,18,19). The molecule has 4 rings (SSSR count). The summed E-state index contributed by atoms with van der Waals surface area (Å²) in [5.41, 5.74) is 2.10. The summed E-state index contributed by atoms with van der Waals surface area (Å²) in [4.78, 5) is 20.0. The van der Waals surface area contributed by atoms with Crippen molar-refractivity contribution in [2.75, 3.05) is 0 Å². The van der Waals surface area contributed by atoms with Gasteiger partial charge in [0.1, 0.15) is 5.69 Å². The van der Waals surface area contributed by atoms with Crippen LogP contribution in [-0.2, 0) is 0 Å². The minimum Gasteiger partial charge on any atom is -0.360 e. The molecule has 3 aromatic heterocycles. The summed E-state index contributed by atoms with van der Waals surface area (Å²) in [6, 6.07) is 7.67. The Balaban J connectivity index is 1.75. The molecule has 8 heteroatoms. The molecular weight excluding hydrogens is 288 g/mol. The second kappa shape index (κ2) is 4.60. The minimum absolute atomic E-state index is 0.115. The Morgan fingerprint density at radius 2 is 2.14 bits per heavy atom. The van der Waals surface area contributed by atoms with Crippen molar-refractivity contribution in [2.45, 2.75) is 0 Å². The molecule has 0 saturated heterocycles. The highest BCUT2D eigenvalue weighted by atomic mass is 32.1. The van der Waals surface area contributed by atoms with E-state index in [1.165, 1.54) is 11.3 Å². The van der Waals surface area contributed by atoms with Crippen LogP contribution in [-0.4, -0.2) is 36.4 Å². The number of aromatic nitrogens is 6. The lowest BCUT2D eigenvalue weighted by molar-refractivity contribution is 0.104. The lowest BCUT2D eigenvalue weighted by atomic mass is 10.1. The normalized spacial score (nSPS) is 11.0. The Labute approximate surface area is 122 Å². The number of hydrogen-bond acceptors (Lipinski definition) is 6. The van der Waals surface area contributed by atoms with Gasteiger partial charge in [-0.1, -0.05) is 18.2 Å². The minimum atomic E-state index is -0.115. The van der Waals surface area contributed by atoms with E-state index < -0.39 is 0 Å². The SMILES string of the molecule is O=C(c1nc(-c2nnn[nH]2)cs1)c1c[nH]c2ccccc12. The van der Waals surface area contributed by atoms with Crippen molar-refractivity contribution in [2.24, 2.45) is 0 Å². The van der Waals surface area contributed by atoms with Crippen LogP contribution in [0.1, 0.15) is 15.4 Å². The van der Waals surface area contributed by atoms with Crippen molar-refractivity contribution in [3.05, 3.63) is 46.4 Å². The highest BCUT2D eigenvalue weighted by molar-refractivity contribution is 7.12. The number of ketones is 1. The highest BCUT2D eigenvalue weighted by Crippen LogP contribution is 2.24. The lowest BCUT2D eigenvalue weighted by Gasteiger charge is -1.94. The Morgan fingerprint density at radius 3 is 3.00 bits per heavy atom. The van der Waals surface area contributed by atoms with Crippen molar-refractivity contribution in [1.29, 1.82) is 0 Å². The molecular formula is C13H8N6OS. The van der Waals surface area contributed by atoms with E-state index in [9.17, 15) is 4.79 Å². The van der Waals surface area contributed by atoms with Crippen LogP contribution >= 0.6 is 11.3 Å². The van der Waals surface area contributed by atoms with Gasteiger partial charge in [0.2, 0.25) is 5.78 Å². The predicted octanol–water partition coefficient (Wildman–Crippen LogP) is 2.04. The zero-order valence-corrected chi connectivity index (χ0v) is 11.4. The van der Waals surface area contributed by atoms with Crippen LogP contribution in [0, 0.1) is 0 Å². The molecule has 7 nitrogen and oxygen atoms in total. The molecule has 0 amide bonds. The molecule has 2 N–H and O–H groups in total. The molecule has 0 aliphatic heterocycles. The third-order valence-electron chi connectivity index (χ3n) is 3.12. The number of para-hydroxylation sites is 1. The predicted molar refractivity (Wildman–Crippen MR) is 77.0 cm³/mol. The van der Waals surface area contributed by atoms with Gasteiger partial charge in [0.15, 0.2) is 10.8 Å². The van der Waals surface area contributed by atoms with Crippen LogP contribution in [0.25, 0.3) is 22.4 Å². The molecule has 0 fully saturated rings. The van der Waals surface area contributed by atoms with E-state index in [4.69, 9.17) is 0 Å².